The number of carboxylic acid groups (broad SMARTS) is 1. The van der Waals surface area contributed by atoms with Crippen LogP contribution in [0.3, 0.4) is 0 Å². The van der Waals surface area contributed by atoms with Gasteiger partial charge < -0.3 is 10.4 Å². The summed E-state index contributed by atoms with van der Waals surface area (Å²) in [5.74, 6) is -1.76. The first-order valence-corrected chi connectivity index (χ1v) is 11.7. The molecule has 32 heavy (non-hydrogen) atoms. The molecule has 3 N–H and O–H groups in total. The average Bonchev–Trinajstić information content (AvgIpc) is 2.76. The zero-order chi connectivity index (χ0) is 23.7. The van der Waals surface area contributed by atoms with E-state index in [9.17, 15) is 22.8 Å². The van der Waals surface area contributed by atoms with E-state index in [0.29, 0.717) is 31.2 Å². The lowest BCUT2D eigenvalue weighted by atomic mass is 9.81. The van der Waals surface area contributed by atoms with E-state index in [1.165, 1.54) is 31.2 Å². The number of amides is 1. The first-order valence-electron chi connectivity index (χ1n) is 10.3. The molecular formula is C20H27N5O6S. The number of rotatable bonds is 11. The van der Waals surface area contributed by atoms with Crippen LogP contribution < -0.4 is 10.0 Å². The minimum absolute atomic E-state index is 0.0725. The SMILES string of the molecule is CC(=O)c1ccc(S(=O)(=O)NCC2CCC(C(=O)N[C@H](CN=[N+]=[N-])CC(=O)O)CC2)cc1. The molecule has 0 aliphatic heterocycles. The van der Waals surface area contributed by atoms with Gasteiger partial charge in [0.1, 0.15) is 0 Å². The van der Waals surface area contributed by atoms with E-state index in [0.717, 1.165) is 0 Å². The highest BCUT2D eigenvalue weighted by Gasteiger charge is 2.29. The summed E-state index contributed by atoms with van der Waals surface area (Å²) in [4.78, 5) is 37.4. The third-order valence-corrected chi connectivity index (χ3v) is 6.92. The monoisotopic (exact) mass is 465 g/mol. The van der Waals surface area contributed by atoms with E-state index in [1.807, 2.05) is 0 Å². The van der Waals surface area contributed by atoms with Crippen molar-refractivity contribution >= 4 is 27.7 Å². The summed E-state index contributed by atoms with van der Waals surface area (Å²) in [6.45, 7) is 1.51. The maximum Gasteiger partial charge on any atom is 0.305 e. The molecule has 0 unspecified atom stereocenters. The Balaban J connectivity index is 1.84. The molecule has 12 heteroatoms. The smallest absolute Gasteiger partial charge is 0.305 e. The lowest BCUT2D eigenvalue weighted by Gasteiger charge is -2.29. The molecule has 174 valence electrons. The molecular weight excluding hydrogens is 438 g/mol. The number of carbonyl (C=O) groups is 3. The molecule has 1 saturated carbocycles. The quantitative estimate of drug-likeness (QED) is 0.195. The molecule has 1 aromatic carbocycles. The molecule has 0 aromatic heterocycles. The lowest BCUT2D eigenvalue weighted by molar-refractivity contribution is -0.137. The maximum absolute atomic E-state index is 12.5. The highest BCUT2D eigenvalue weighted by atomic mass is 32.2. The topological polar surface area (TPSA) is 178 Å². The fourth-order valence-electron chi connectivity index (χ4n) is 3.63. The van der Waals surface area contributed by atoms with Gasteiger partial charge in [-0.3, -0.25) is 14.4 Å². The van der Waals surface area contributed by atoms with Crippen LogP contribution in [0.1, 0.15) is 49.4 Å². The summed E-state index contributed by atoms with van der Waals surface area (Å²) in [5, 5.41) is 14.9. The van der Waals surface area contributed by atoms with Gasteiger partial charge in [-0.15, -0.1) is 0 Å². The number of hydrogen-bond acceptors (Lipinski definition) is 6. The largest absolute Gasteiger partial charge is 0.481 e. The standard InChI is InChI=1S/C20H27N5O6S/c1-13(26)15-6-8-18(9-7-15)32(30,31)23-11-14-2-4-16(5-3-14)20(29)24-17(10-19(27)28)12-22-25-21/h6-9,14,16-17,23H,2-5,10-12H2,1H3,(H,24,29)(H,27,28)/t14?,16?,17-/m0/s1. The Labute approximate surface area is 186 Å². The molecule has 1 aliphatic carbocycles. The summed E-state index contributed by atoms with van der Waals surface area (Å²) in [6.07, 6.45) is 2.04. The second-order valence-corrected chi connectivity index (χ2v) is 9.63. The van der Waals surface area contributed by atoms with Crippen molar-refractivity contribution in [1.29, 1.82) is 0 Å². The lowest BCUT2D eigenvalue weighted by Crippen LogP contribution is -2.43. The van der Waals surface area contributed by atoms with E-state index in [-0.39, 0.29) is 47.9 Å². The van der Waals surface area contributed by atoms with Crippen LogP contribution in [0.15, 0.2) is 34.3 Å². The fourth-order valence-corrected chi connectivity index (χ4v) is 4.75. The Hall–Kier alpha value is -2.95. The summed E-state index contributed by atoms with van der Waals surface area (Å²) >= 11 is 0. The van der Waals surface area contributed by atoms with Gasteiger partial charge in [-0.2, -0.15) is 0 Å². The third kappa shape index (κ3) is 7.63. The van der Waals surface area contributed by atoms with Gasteiger partial charge in [-0.05, 0) is 56.2 Å². The minimum atomic E-state index is -3.70. The van der Waals surface area contributed by atoms with Gasteiger partial charge in [0.05, 0.1) is 11.3 Å². The number of aliphatic carboxylic acids is 1. The Kier molecular flexibility index (Phi) is 9.18. The number of nitrogens with one attached hydrogen (secondary N) is 2. The number of sulfonamides is 1. The van der Waals surface area contributed by atoms with Gasteiger partial charge >= 0.3 is 5.97 Å². The molecule has 1 atom stereocenters. The van der Waals surface area contributed by atoms with Gasteiger partial charge in [0.25, 0.3) is 0 Å². The van der Waals surface area contributed by atoms with Gasteiger partial charge in [-0.1, -0.05) is 17.2 Å². The molecule has 0 heterocycles. The maximum atomic E-state index is 12.5. The van der Waals surface area contributed by atoms with E-state index in [1.54, 1.807) is 0 Å². The number of carbonyl (C=O) groups excluding carboxylic acids is 2. The number of Topliss-reactive ketones (excluding diaryl/α,β-unsaturated/α-hetero) is 1. The van der Waals surface area contributed by atoms with Crippen molar-refractivity contribution < 1.29 is 27.9 Å². The molecule has 0 spiro atoms. The second kappa shape index (κ2) is 11.6. The molecule has 1 fully saturated rings. The molecule has 1 amide bonds. The van der Waals surface area contributed by atoms with Crippen LogP contribution in [0.4, 0.5) is 0 Å². The predicted octanol–water partition coefficient (Wildman–Crippen LogP) is 2.24. The molecule has 0 saturated heterocycles. The van der Waals surface area contributed by atoms with Gasteiger partial charge in [0, 0.05) is 35.5 Å². The van der Waals surface area contributed by atoms with Crippen LogP contribution in [-0.4, -0.2) is 50.3 Å². The average molecular weight is 466 g/mol. The number of hydrogen-bond donors (Lipinski definition) is 3. The third-order valence-electron chi connectivity index (χ3n) is 5.48. The van der Waals surface area contributed by atoms with Crippen molar-refractivity contribution in [2.24, 2.45) is 17.0 Å². The van der Waals surface area contributed by atoms with Crippen LogP contribution in [-0.2, 0) is 19.6 Å². The van der Waals surface area contributed by atoms with Crippen LogP contribution in [0.25, 0.3) is 10.4 Å². The molecule has 1 aliphatic rings. The highest BCUT2D eigenvalue weighted by molar-refractivity contribution is 7.89. The summed E-state index contributed by atoms with van der Waals surface area (Å²) in [5.41, 5.74) is 8.85. The number of carboxylic acids is 1. The molecule has 0 bridgehead atoms. The molecule has 2 rings (SSSR count). The Morgan fingerprint density at radius 1 is 1.19 bits per heavy atom. The zero-order valence-corrected chi connectivity index (χ0v) is 18.5. The summed E-state index contributed by atoms with van der Waals surface area (Å²) in [6, 6.07) is 4.96. The first-order chi connectivity index (χ1) is 15.1. The number of ketones is 1. The Bertz CT molecular complexity index is 976. The zero-order valence-electron chi connectivity index (χ0n) is 17.7. The van der Waals surface area contributed by atoms with Crippen LogP contribution in [0.5, 0.6) is 0 Å². The second-order valence-electron chi connectivity index (χ2n) is 7.87. The summed E-state index contributed by atoms with van der Waals surface area (Å²) < 4.78 is 27.6. The molecule has 1 aromatic rings. The normalized spacial score (nSPS) is 19.4. The number of nitrogens with zero attached hydrogens (tertiary/aromatic N) is 3. The van der Waals surface area contributed by atoms with Crippen molar-refractivity contribution in [3.8, 4) is 0 Å². The molecule has 11 nitrogen and oxygen atoms in total. The van der Waals surface area contributed by atoms with E-state index < -0.39 is 22.0 Å². The number of benzene rings is 1. The Morgan fingerprint density at radius 3 is 2.34 bits per heavy atom. The number of azide groups is 1. The van der Waals surface area contributed by atoms with Crippen molar-refractivity contribution in [2.75, 3.05) is 13.1 Å². The van der Waals surface area contributed by atoms with Crippen molar-refractivity contribution in [3.05, 3.63) is 40.3 Å². The van der Waals surface area contributed by atoms with Crippen molar-refractivity contribution in [2.45, 2.75) is 50.0 Å². The van der Waals surface area contributed by atoms with E-state index in [4.69, 9.17) is 10.6 Å². The molecule has 0 radical (unpaired) electrons. The first kappa shape index (κ1) is 25.3. The fraction of sp³-hybridized carbons (Fsp3) is 0.550. The predicted molar refractivity (Wildman–Crippen MR) is 115 cm³/mol. The van der Waals surface area contributed by atoms with Crippen LogP contribution in [0, 0.1) is 11.8 Å². The van der Waals surface area contributed by atoms with Crippen LogP contribution in [0.2, 0.25) is 0 Å². The van der Waals surface area contributed by atoms with Gasteiger partial charge in [0.15, 0.2) is 5.78 Å². The summed E-state index contributed by atoms with van der Waals surface area (Å²) in [7, 11) is -3.70. The van der Waals surface area contributed by atoms with Gasteiger partial charge in [0.2, 0.25) is 15.9 Å². The van der Waals surface area contributed by atoms with E-state index >= 15 is 0 Å². The minimum Gasteiger partial charge on any atom is -0.481 e. The van der Waals surface area contributed by atoms with Gasteiger partial charge in [-0.25, -0.2) is 13.1 Å². The van der Waals surface area contributed by atoms with Crippen molar-refractivity contribution in [3.63, 3.8) is 0 Å². The highest BCUT2D eigenvalue weighted by Crippen LogP contribution is 2.29. The van der Waals surface area contributed by atoms with E-state index in [2.05, 4.69) is 20.1 Å². The van der Waals surface area contributed by atoms with Crippen LogP contribution >= 0.6 is 0 Å². The Morgan fingerprint density at radius 2 is 1.81 bits per heavy atom. The van der Waals surface area contributed by atoms with Crippen molar-refractivity contribution in [1.82, 2.24) is 10.0 Å².